The monoisotopic (exact) mass is 522 g/mol. The maximum atomic E-state index is 13.0. The van der Waals surface area contributed by atoms with Crippen LogP contribution in [0.2, 0.25) is 0 Å². The lowest BCUT2D eigenvalue weighted by atomic mass is 9.97. The van der Waals surface area contributed by atoms with Gasteiger partial charge in [0.15, 0.2) is 0 Å². The summed E-state index contributed by atoms with van der Waals surface area (Å²) in [6, 6.07) is 4.99. The summed E-state index contributed by atoms with van der Waals surface area (Å²) in [5.41, 5.74) is 2.42. The number of ether oxygens (including phenoxy) is 1. The third kappa shape index (κ3) is 5.09. The van der Waals surface area contributed by atoms with Gasteiger partial charge in [-0.1, -0.05) is 6.07 Å². The van der Waals surface area contributed by atoms with Crippen molar-refractivity contribution in [1.82, 2.24) is 29.1 Å². The zero-order valence-electron chi connectivity index (χ0n) is 22.3. The lowest BCUT2D eigenvalue weighted by Crippen LogP contribution is -2.44. The van der Waals surface area contributed by atoms with Crippen molar-refractivity contribution in [1.29, 1.82) is 0 Å². The van der Waals surface area contributed by atoms with E-state index in [4.69, 9.17) is 4.74 Å². The molecule has 2 saturated heterocycles. The molecule has 11 nitrogen and oxygen atoms in total. The van der Waals surface area contributed by atoms with E-state index in [0.29, 0.717) is 36.5 Å². The molecule has 0 radical (unpaired) electrons. The molecule has 2 aliphatic rings. The molecule has 1 atom stereocenters. The molecule has 38 heavy (non-hydrogen) atoms. The number of nitrogens with one attached hydrogen (secondary N) is 1. The van der Waals surface area contributed by atoms with E-state index in [1.807, 2.05) is 56.0 Å². The molecule has 1 unspecified atom stereocenters. The Morgan fingerprint density at radius 1 is 1.08 bits per heavy atom. The van der Waals surface area contributed by atoms with Crippen LogP contribution in [0, 0.1) is 5.92 Å². The molecular formula is C27H34N6O5. The standard InChI is InChI=1S/C27H34N6O5/c1-27(2,3)38-26(37)31-11-9-17(10-12-31)15-32-16-19(14-28-32)18-5-6-20-22(13-18)30(4)25(36)33(20)21-7-8-23(34)29-24(21)35/h5-6,13-14,16-17,21H,7-12,15H2,1-4H3,(H,29,34,35). The molecule has 202 valence electrons. The lowest BCUT2D eigenvalue weighted by molar-refractivity contribution is -0.135. The molecule has 2 aromatic heterocycles. The van der Waals surface area contributed by atoms with E-state index < -0.39 is 17.6 Å². The van der Waals surface area contributed by atoms with Crippen molar-refractivity contribution < 1.29 is 19.1 Å². The Kier molecular flexibility index (Phi) is 6.62. The van der Waals surface area contributed by atoms with Gasteiger partial charge in [-0.15, -0.1) is 0 Å². The molecule has 5 rings (SSSR count). The SMILES string of the molecule is Cn1c(=O)n(C2CCC(=O)NC2=O)c2ccc(-c3cnn(CC4CCN(C(=O)OC(C)(C)C)CC4)c3)cc21. The van der Waals surface area contributed by atoms with E-state index in [1.165, 1.54) is 9.13 Å². The van der Waals surface area contributed by atoms with E-state index in [1.54, 1.807) is 11.9 Å². The number of rotatable bonds is 4. The Bertz CT molecular complexity index is 1450. The number of hydrogen-bond acceptors (Lipinski definition) is 6. The van der Waals surface area contributed by atoms with Crippen molar-refractivity contribution in [2.75, 3.05) is 13.1 Å². The maximum Gasteiger partial charge on any atom is 0.410 e. The lowest BCUT2D eigenvalue weighted by Gasteiger charge is -2.33. The van der Waals surface area contributed by atoms with Crippen LogP contribution in [0.4, 0.5) is 4.79 Å². The highest BCUT2D eigenvalue weighted by Crippen LogP contribution is 2.28. The van der Waals surface area contributed by atoms with Crippen LogP contribution >= 0.6 is 0 Å². The van der Waals surface area contributed by atoms with Crippen LogP contribution in [0.5, 0.6) is 0 Å². The summed E-state index contributed by atoms with van der Waals surface area (Å²) in [5, 5.41) is 6.89. The fourth-order valence-electron chi connectivity index (χ4n) is 5.27. The average Bonchev–Trinajstić information content (AvgIpc) is 3.41. The number of nitrogens with zero attached hydrogens (tertiary/aromatic N) is 5. The summed E-state index contributed by atoms with van der Waals surface area (Å²) in [5.74, 6) is -0.349. The van der Waals surface area contributed by atoms with Gasteiger partial charge in [-0.25, -0.2) is 9.59 Å². The van der Waals surface area contributed by atoms with Crippen LogP contribution in [-0.4, -0.2) is 60.4 Å². The van der Waals surface area contributed by atoms with E-state index in [-0.39, 0.29) is 24.1 Å². The smallest absolute Gasteiger partial charge is 0.410 e. The van der Waals surface area contributed by atoms with E-state index in [9.17, 15) is 19.2 Å². The van der Waals surface area contributed by atoms with Crippen molar-refractivity contribution in [2.45, 2.75) is 64.6 Å². The summed E-state index contributed by atoms with van der Waals surface area (Å²) >= 11 is 0. The molecule has 2 aliphatic heterocycles. The Labute approximate surface area is 220 Å². The van der Waals surface area contributed by atoms with Gasteiger partial charge in [0.1, 0.15) is 11.6 Å². The quantitative estimate of drug-likeness (QED) is 0.526. The summed E-state index contributed by atoms with van der Waals surface area (Å²) in [6.45, 7) is 7.72. The van der Waals surface area contributed by atoms with Crippen molar-refractivity contribution in [2.24, 2.45) is 13.0 Å². The van der Waals surface area contributed by atoms with Gasteiger partial charge in [-0.3, -0.25) is 28.7 Å². The number of carbonyl (C=O) groups excluding carboxylic acids is 3. The van der Waals surface area contributed by atoms with E-state index in [0.717, 1.165) is 30.5 Å². The summed E-state index contributed by atoms with van der Waals surface area (Å²) < 4.78 is 10.4. The Morgan fingerprint density at radius 2 is 1.82 bits per heavy atom. The molecule has 0 aliphatic carbocycles. The molecule has 0 bridgehead atoms. The predicted molar refractivity (Wildman–Crippen MR) is 140 cm³/mol. The number of aryl methyl sites for hydroxylation is 1. The zero-order valence-corrected chi connectivity index (χ0v) is 22.3. The fourth-order valence-corrected chi connectivity index (χ4v) is 5.27. The van der Waals surface area contributed by atoms with Gasteiger partial charge < -0.3 is 9.64 Å². The molecule has 2 fully saturated rings. The molecular weight excluding hydrogens is 488 g/mol. The third-order valence-electron chi connectivity index (χ3n) is 7.29. The van der Waals surface area contributed by atoms with Crippen molar-refractivity contribution in [3.05, 3.63) is 41.1 Å². The van der Waals surface area contributed by atoms with Crippen LogP contribution < -0.4 is 11.0 Å². The number of piperidine rings is 2. The highest BCUT2D eigenvalue weighted by Gasteiger charge is 2.31. The molecule has 11 heteroatoms. The van der Waals surface area contributed by atoms with Crippen molar-refractivity contribution in [3.8, 4) is 11.1 Å². The number of imidazole rings is 1. The predicted octanol–water partition coefficient (Wildman–Crippen LogP) is 2.83. The van der Waals surface area contributed by atoms with Crippen LogP contribution in [0.1, 0.15) is 52.5 Å². The Morgan fingerprint density at radius 3 is 2.50 bits per heavy atom. The van der Waals surface area contributed by atoms with Crippen LogP contribution in [0.25, 0.3) is 22.2 Å². The molecule has 4 heterocycles. The van der Waals surface area contributed by atoms with Crippen LogP contribution in [0.15, 0.2) is 35.4 Å². The second kappa shape index (κ2) is 9.77. The number of likely N-dealkylation sites (tertiary alicyclic amines) is 1. The molecule has 1 aromatic carbocycles. The number of amides is 3. The Hall–Kier alpha value is -3.89. The molecule has 1 N–H and O–H groups in total. The number of hydrogen-bond donors (Lipinski definition) is 1. The number of fused-ring (bicyclic) bond motifs is 1. The molecule has 0 saturated carbocycles. The normalized spacial score (nSPS) is 19.2. The maximum absolute atomic E-state index is 13.0. The van der Waals surface area contributed by atoms with Crippen molar-refractivity contribution in [3.63, 3.8) is 0 Å². The number of carbonyl (C=O) groups is 3. The first-order valence-corrected chi connectivity index (χ1v) is 13.1. The van der Waals surface area contributed by atoms with Gasteiger partial charge in [0.2, 0.25) is 11.8 Å². The highest BCUT2D eigenvalue weighted by atomic mass is 16.6. The first-order valence-electron chi connectivity index (χ1n) is 13.1. The third-order valence-corrected chi connectivity index (χ3v) is 7.29. The minimum Gasteiger partial charge on any atom is -0.444 e. The van der Waals surface area contributed by atoms with Gasteiger partial charge in [0, 0.05) is 44.9 Å². The zero-order chi connectivity index (χ0) is 27.2. The van der Waals surface area contributed by atoms with Gasteiger partial charge in [-0.05, 0) is 63.6 Å². The van der Waals surface area contributed by atoms with Crippen molar-refractivity contribution >= 4 is 28.9 Å². The largest absolute Gasteiger partial charge is 0.444 e. The average molecular weight is 523 g/mol. The number of benzene rings is 1. The topological polar surface area (TPSA) is 120 Å². The van der Waals surface area contributed by atoms with Crippen LogP contribution in [0.3, 0.4) is 0 Å². The summed E-state index contributed by atoms with van der Waals surface area (Å²) in [7, 11) is 1.68. The fraction of sp³-hybridized carbons (Fsp3) is 0.519. The number of imide groups is 1. The van der Waals surface area contributed by atoms with Crippen LogP contribution in [-0.2, 0) is 27.9 Å². The minimum atomic E-state index is -0.709. The summed E-state index contributed by atoms with van der Waals surface area (Å²) in [4.78, 5) is 51.1. The summed E-state index contributed by atoms with van der Waals surface area (Å²) in [6.07, 6.45) is 5.83. The van der Waals surface area contributed by atoms with Gasteiger partial charge in [0.25, 0.3) is 0 Å². The van der Waals surface area contributed by atoms with E-state index >= 15 is 0 Å². The second-order valence-corrected chi connectivity index (χ2v) is 11.2. The van der Waals surface area contributed by atoms with Gasteiger partial charge >= 0.3 is 11.8 Å². The molecule has 3 amide bonds. The minimum absolute atomic E-state index is 0.205. The first kappa shape index (κ1) is 25.7. The number of aromatic nitrogens is 4. The molecule has 3 aromatic rings. The van der Waals surface area contributed by atoms with E-state index in [2.05, 4.69) is 10.4 Å². The highest BCUT2D eigenvalue weighted by molar-refractivity contribution is 6.00. The van der Waals surface area contributed by atoms with Gasteiger partial charge in [-0.2, -0.15) is 5.10 Å². The second-order valence-electron chi connectivity index (χ2n) is 11.2. The molecule has 0 spiro atoms. The Balaban J connectivity index is 1.28. The first-order chi connectivity index (χ1) is 18.0. The van der Waals surface area contributed by atoms with Gasteiger partial charge in [0.05, 0.1) is 17.2 Å².